The first-order valence-electron chi connectivity index (χ1n) is 10.3. The van der Waals surface area contributed by atoms with Crippen molar-refractivity contribution in [3.8, 4) is 5.75 Å². The zero-order valence-corrected chi connectivity index (χ0v) is 18.7. The summed E-state index contributed by atoms with van der Waals surface area (Å²) in [5.41, 5.74) is -1.43. The first kappa shape index (κ1) is 21.7. The number of urea groups is 1. The molecule has 4 rings (SSSR count). The Bertz CT molecular complexity index is 870. The van der Waals surface area contributed by atoms with Crippen LogP contribution in [0.15, 0.2) is 12.1 Å². The first-order valence-corrected chi connectivity index (χ1v) is 11.1. The summed E-state index contributed by atoms with van der Waals surface area (Å²) < 4.78 is 6.04. The summed E-state index contributed by atoms with van der Waals surface area (Å²) in [7, 11) is 0. The fourth-order valence-electron chi connectivity index (χ4n) is 4.75. The smallest absolute Gasteiger partial charge is 0.325 e. The van der Waals surface area contributed by atoms with Gasteiger partial charge in [0, 0.05) is 36.6 Å². The van der Waals surface area contributed by atoms with Crippen molar-refractivity contribution in [2.24, 2.45) is 0 Å². The molecule has 2 saturated heterocycles. The van der Waals surface area contributed by atoms with E-state index in [4.69, 9.17) is 27.9 Å². The number of fused-ring (bicyclic) bond motifs is 2. The molecule has 0 radical (unpaired) electrons. The second-order valence-electron chi connectivity index (χ2n) is 9.02. The standard InChI is InChI=1S/C21H27Cl2N3O4/c1-20(2)12-21(15-10-13(22)11-16(23)17(15)30-20)18(28)26(19(29)24-21)7-3-6-25-8-4-14(27)5-9-25/h10-11,14,27H,3-9,12H2,1-2H3,(H,24,29). The molecule has 30 heavy (non-hydrogen) atoms. The second kappa shape index (κ2) is 7.86. The number of aliphatic hydroxyl groups excluding tert-OH is 1. The normalized spacial score (nSPS) is 26.6. The van der Waals surface area contributed by atoms with Gasteiger partial charge in [-0.05, 0) is 51.8 Å². The molecule has 0 saturated carbocycles. The van der Waals surface area contributed by atoms with Crippen LogP contribution in [0, 0.1) is 0 Å². The number of rotatable bonds is 4. The highest BCUT2D eigenvalue weighted by molar-refractivity contribution is 6.36. The summed E-state index contributed by atoms with van der Waals surface area (Å²) in [4.78, 5) is 29.9. The lowest BCUT2D eigenvalue weighted by Crippen LogP contribution is -2.54. The minimum Gasteiger partial charge on any atom is -0.486 e. The number of carbonyl (C=O) groups excluding carboxylic acids is 2. The lowest BCUT2D eigenvalue weighted by atomic mass is 9.77. The number of hydrogen-bond acceptors (Lipinski definition) is 5. The Morgan fingerprint density at radius 2 is 1.90 bits per heavy atom. The van der Waals surface area contributed by atoms with Crippen LogP contribution in [-0.2, 0) is 10.3 Å². The van der Waals surface area contributed by atoms with Crippen molar-refractivity contribution in [3.63, 3.8) is 0 Å². The molecule has 9 heteroatoms. The Hall–Kier alpha value is -1.54. The van der Waals surface area contributed by atoms with E-state index in [2.05, 4.69) is 10.2 Å². The molecule has 1 aromatic rings. The van der Waals surface area contributed by atoms with Crippen LogP contribution in [0.1, 0.15) is 45.1 Å². The van der Waals surface area contributed by atoms with E-state index in [-0.39, 0.29) is 18.4 Å². The van der Waals surface area contributed by atoms with E-state index in [1.165, 1.54) is 4.90 Å². The minimum atomic E-state index is -1.24. The Labute approximate surface area is 186 Å². The number of halogens is 2. The van der Waals surface area contributed by atoms with Gasteiger partial charge in [-0.25, -0.2) is 4.79 Å². The fraction of sp³-hybridized carbons (Fsp3) is 0.619. The van der Waals surface area contributed by atoms with Crippen molar-refractivity contribution in [1.29, 1.82) is 0 Å². The highest BCUT2D eigenvalue weighted by Gasteiger charge is 2.58. The molecule has 0 aliphatic carbocycles. The third kappa shape index (κ3) is 3.88. The highest BCUT2D eigenvalue weighted by Crippen LogP contribution is 2.50. The molecule has 2 fully saturated rings. The van der Waals surface area contributed by atoms with E-state index in [0.29, 0.717) is 34.3 Å². The number of piperidine rings is 1. The molecular formula is C21H27Cl2N3O4. The van der Waals surface area contributed by atoms with E-state index >= 15 is 0 Å². The van der Waals surface area contributed by atoms with Crippen LogP contribution in [0.5, 0.6) is 5.75 Å². The summed E-state index contributed by atoms with van der Waals surface area (Å²) in [5.74, 6) is 0.0946. The summed E-state index contributed by atoms with van der Waals surface area (Å²) in [6, 6.07) is 2.82. The molecule has 3 heterocycles. The summed E-state index contributed by atoms with van der Waals surface area (Å²) in [5, 5.41) is 13.3. The molecule has 1 atom stereocenters. The number of carbonyl (C=O) groups is 2. The monoisotopic (exact) mass is 455 g/mol. The third-order valence-electron chi connectivity index (χ3n) is 6.13. The predicted molar refractivity (Wildman–Crippen MR) is 114 cm³/mol. The molecule has 3 aliphatic heterocycles. The van der Waals surface area contributed by atoms with Crippen molar-refractivity contribution in [2.45, 2.75) is 56.8 Å². The van der Waals surface area contributed by atoms with Gasteiger partial charge in [-0.2, -0.15) is 0 Å². The molecule has 1 unspecified atom stereocenters. The van der Waals surface area contributed by atoms with Gasteiger partial charge in [-0.15, -0.1) is 0 Å². The first-order chi connectivity index (χ1) is 14.1. The average molecular weight is 456 g/mol. The minimum absolute atomic E-state index is 0.220. The third-order valence-corrected chi connectivity index (χ3v) is 6.63. The van der Waals surface area contributed by atoms with Crippen molar-refractivity contribution >= 4 is 35.1 Å². The largest absolute Gasteiger partial charge is 0.486 e. The SMILES string of the molecule is CC1(C)CC2(NC(=O)N(CCCN3CCC(O)CC3)C2=O)c2cc(Cl)cc(Cl)c2O1. The number of amides is 3. The van der Waals surface area contributed by atoms with Crippen LogP contribution in [0.3, 0.4) is 0 Å². The number of likely N-dealkylation sites (tertiary alicyclic amines) is 1. The van der Waals surface area contributed by atoms with Gasteiger partial charge in [-0.1, -0.05) is 23.2 Å². The molecule has 2 N–H and O–H groups in total. The topological polar surface area (TPSA) is 82.1 Å². The van der Waals surface area contributed by atoms with Gasteiger partial charge in [0.1, 0.15) is 11.4 Å². The van der Waals surface area contributed by atoms with Gasteiger partial charge in [0.25, 0.3) is 5.91 Å². The fourth-order valence-corrected chi connectivity index (χ4v) is 5.29. The Balaban J connectivity index is 1.54. The van der Waals surface area contributed by atoms with Crippen LogP contribution >= 0.6 is 23.2 Å². The van der Waals surface area contributed by atoms with Crippen LogP contribution in [0.25, 0.3) is 0 Å². The van der Waals surface area contributed by atoms with Crippen molar-refractivity contribution in [2.75, 3.05) is 26.2 Å². The predicted octanol–water partition coefficient (Wildman–Crippen LogP) is 3.15. The molecule has 7 nitrogen and oxygen atoms in total. The van der Waals surface area contributed by atoms with Crippen molar-refractivity contribution in [1.82, 2.24) is 15.1 Å². The maximum Gasteiger partial charge on any atom is 0.325 e. The number of hydrogen-bond donors (Lipinski definition) is 2. The molecule has 0 bridgehead atoms. The molecule has 3 amide bonds. The molecule has 1 aromatic carbocycles. The van der Waals surface area contributed by atoms with Crippen LogP contribution in [0.4, 0.5) is 4.79 Å². The number of benzene rings is 1. The van der Waals surface area contributed by atoms with Gasteiger partial charge >= 0.3 is 6.03 Å². The van der Waals surface area contributed by atoms with Crippen LogP contribution in [0.2, 0.25) is 10.0 Å². The zero-order valence-electron chi connectivity index (χ0n) is 17.2. The van der Waals surface area contributed by atoms with E-state index in [9.17, 15) is 14.7 Å². The number of aliphatic hydroxyl groups is 1. The summed E-state index contributed by atoms with van der Waals surface area (Å²) >= 11 is 12.6. The molecular weight excluding hydrogens is 429 g/mol. The van der Waals surface area contributed by atoms with Crippen LogP contribution < -0.4 is 10.1 Å². The van der Waals surface area contributed by atoms with E-state index in [1.54, 1.807) is 12.1 Å². The molecule has 164 valence electrons. The number of nitrogens with zero attached hydrogens (tertiary/aromatic N) is 2. The quantitative estimate of drug-likeness (QED) is 0.681. The molecule has 1 spiro atoms. The lowest BCUT2D eigenvalue weighted by molar-refractivity contribution is -0.134. The highest BCUT2D eigenvalue weighted by atomic mass is 35.5. The maximum atomic E-state index is 13.5. The summed E-state index contributed by atoms with van der Waals surface area (Å²) in [6.45, 7) is 6.52. The van der Waals surface area contributed by atoms with Crippen molar-refractivity contribution < 1.29 is 19.4 Å². The van der Waals surface area contributed by atoms with Gasteiger partial charge in [0.2, 0.25) is 0 Å². The second-order valence-corrected chi connectivity index (χ2v) is 9.87. The maximum absolute atomic E-state index is 13.5. The Morgan fingerprint density at radius 1 is 1.20 bits per heavy atom. The molecule has 3 aliphatic rings. The number of ether oxygens (including phenoxy) is 1. The number of nitrogens with one attached hydrogen (secondary N) is 1. The van der Waals surface area contributed by atoms with Gasteiger partial charge in [-0.3, -0.25) is 9.69 Å². The van der Waals surface area contributed by atoms with Gasteiger partial charge < -0.3 is 20.1 Å². The Kier molecular flexibility index (Phi) is 5.68. The van der Waals surface area contributed by atoms with Gasteiger partial charge in [0.05, 0.1) is 11.1 Å². The summed E-state index contributed by atoms with van der Waals surface area (Å²) in [6.07, 6.45) is 2.27. The van der Waals surface area contributed by atoms with Crippen LogP contribution in [-0.4, -0.2) is 64.7 Å². The Morgan fingerprint density at radius 3 is 2.60 bits per heavy atom. The van der Waals surface area contributed by atoms with E-state index < -0.39 is 17.2 Å². The average Bonchev–Trinajstić information content (AvgIpc) is 2.88. The zero-order chi connectivity index (χ0) is 21.7. The molecule has 0 aromatic heterocycles. The van der Waals surface area contributed by atoms with Crippen molar-refractivity contribution in [3.05, 3.63) is 27.7 Å². The van der Waals surface area contributed by atoms with E-state index in [1.807, 2.05) is 13.8 Å². The van der Waals surface area contributed by atoms with Gasteiger partial charge in [0.15, 0.2) is 5.54 Å². The van der Waals surface area contributed by atoms with E-state index in [0.717, 1.165) is 32.5 Å². The number of imide groups is 1. The lowest BCUT2D eigenvalue weighted by Gasteiger charge is -2.42.